The SMILES string of the molecule is CC(C)CN(C1CCCC1)C1COCCC1O. The van der Waals surface area contributed by atoms with Crippen molar-refractivity contribution in [2.75, 3.05) is 19.8 Å². The van der Waals surface area contributed by atoms with Crippen molar-refractivity contribution in [1.29, 1.82) is 0 Å². The number of aliphatic hydroxyl groups is 1. The molecule has 2 aliphatic rings. The molecule has 0 aromatic rings. The fourth-order valence-corrected chi connectivity index (χ4v) is 3.24. The van der Waals surface area contributed by atoms with E-state index in [1.165, 1.54) is 25.7 Å². The molecule has 0 spiro atoms. The van der Waals surface area contributed by atoms with E-state index in [9.17, 15) is 5.11 Å². The molecule has 0 bridgehead atoms. The molecule has 2 unspecified atom stereocenters. The molecule has 0 amide bonds. The van der Waals surface area contributed by atoms with E-state index in [1.54, 1.807) is 0 Å². The second-order valence-corrected chi connectivity index (χ2v) is 6.03. The first-order valence-electron chi connectivity index (χ1n) is 7.20. The van der Waals surface area contributed by atoms with Gasteiger partial charge >= 0.3 is 0 Å². The molecule has 1 saturated carbocycles. The van der Waals surface area contributed by atoms with Crippen LogP contribution in [-0.2, 0) is 4.74 Å². The highest BCUT2D eigenvalue weighted by Gasteiger charge is 2.34. The van der Waals surface area contributed by atoms with Crippen LogP contribution in [0.3, 0.4) is 0 Å². The fraction of sp³-hybridized carbons (Fsp3) is 1.00. The quantitative estimate of drug-likeness (QED) is 0.817. The van der Waals surface area contributed by atoms with Crippen molar-refractivity contribution in [2.45, 2.75) is 64.1 Å². The molecule has 2 rings (SSSR count). The molecule has 1 aliphatic heterocycles. The van der Waals surface area contributed by atoms with E-state index in [0.29, 0.717) is 18.6 Å². The third kappa shape index (κ3) is 3.43. The zero-order chi connectivity index (χ0) is 12.3. The smallest absolute Gasteiger partial charge is 0.0739 e. The van der Waals surface area contributed by atoms with Crippen molar-refractivity contribution < 1.29 is 9.84 Å². The number of nitrogens with zero attached hydrogens (tertiary/aromatic N) is 1. The van der Waals surface area contributed by atoms with Crippen LogP contribution in [0.5, 0.6) is 0 Å². The topological polar surface area (TPSA) is 32.7 Å². The van der Waals surface area contributed by atoms with Crippen LogP contribution < -0.4 is 0 Å². The van der Waals surface area contributed by atoms with E-state index in [1.807, 2.05) is 0 Å². The second-order valence-electron chi connectivity index (χ2n) is 6.03. The Morgan fingerprint density at radius 1 is 1.24 bits per heavy atom. The zero-order valence-electron chi connectivity index (χ0n) is 11.3. The molecule has 100 valence electrons. The minimum atomic E-state index is -0.192. The lowest BCUT2D eigenvalue weighted by Gasteiger charge is -2.41. The van der Waals surface area contributed by atoms with Crippen LogP contribution in [0.4, 0.5) is 0 Å². The van der Waals surface area contributed by atoms with Crippen LogP contribution in [0.25, 0.3) is 0 Å². The van der Waals surface area contributed by atoms with Gasteiger partial charge in [-0.05, 0) is 25.2 Å². The van der Waals surface area contributed by atoms with Gasteiger partial charge in [-0.15, -0.1) is 0 Å². The first-order chi connectivity index (χ1) is 8.18. The van der Waals surface area contributed by atoms with Crippen molar-refractivity contribution in [2.24, 2.45) is 5.92 Å². The highest BCUT2D eigenvalue weighted by atomic mass is 16.5. The normalized spacial score (nSPS) is 31.6. The van der Waals surface area contributed by atoms with E-state index in [4.69, 9.17) is 4.74 Å². The number of hydrogen-bond donors (Lipinski definition) is 1. The number of rotatable bonds is 4. The Labute approximate surface area is 105 Å². The minimum Gasteiger partial charge on any atom is -0.391 e. The molecule has 1 saturated heterocycles. The van der Waals surface area contributed by atoms with Crippen LogP contribution in [0, 0.1) is 5.92 Å². The lowest BCUT2D eigenvalue weighted by molar-refractivity contribution is -0.0759. The van der Waals surface area contributed by atoms with Crippen molar-refractivity contribution in [3.05, 3.63) is 0 Å². The molecular formula is C14H27NO2. The summed E-state index contributed by atoms with van der Waals surface area (Å²) >= 11 is 0. The third-order valence-corrected chi connectivity index (χ3v) is 4.09. The van der Waals surface area contributed by atoms with Gasteiger partial charge in [-0.2, -0.15) is 0 Å². The van der Waals surface area contributed by atoms with Crippen LogP contribution in [0.2, 0.25) is 0 Å². The Hall–Kier alpha value is -0.120. The lowest BCUT2D eigenvalue weighted by Crippen LogP contribution is -2.54. The lowest BCUT2D eigenvalue weighted by atomic mass is 10.00. The predicted molar refractivity (Wildman–Crippen MR) is 69.0 cm³/mol. The summed E-state index contributed by atoms with van der Waals surface area (Å²) in [5.41, 5.74) is 0. The van der Waals surface area contributed by atoms with Crippen molar-refractivity contribution in [3.63, 3.8) is 0 Å². The zero-order valence-corrected chi connectivity index (χ0v) is 11.3. The number of aliphatic hydroxyl groups excluding tert-OH is 1. The van der Waals surface area contributed by atoms with Gasteiger partial charge in [0.15, 0.2) is 0 Å². The van der Waals surface area contributed by atoms with Crippen LogP contribution in [0.1, 0.15) is 46.0 Å². The summed E-state index contributed by atoms with van der Waals surface area (Å²) in [4.78, 5) is 2.54. The maximum Gasteiger partial charge on any atom is 0.0739 e. The third-order valence-electron chi connectivity index (χ3n) is 4.09. The molecule has 1 aliphatic carbocycles. The summed E-state index contributed by atoms with van der Waals surface area (Å²) in [7, 11) is 0. The van der Waals surface area contributed by atoms with Gasteiger partial charge in [-0.1, -0.05) is 26.7 Å². The highest BCUT2D eigenvalue weighted by molar-refractivity contribution is 4.88. The van der Waals surface area contributed by atoms with Gasteiger partial charge in [0.1, 0.15) is 0 Å². The number of hydrogen-bond acceptors (Lipinski definition) is 3. The van der Waals surface area contributed by atoms with Crippen LogP contribution >= 0.6 is 0 Å². The van der Waals surface area contributed by atoms with E-state index in [-0.39, 0.29) is 12.1 Å². The molecular weight excluding hydrogens is 214 g/mol. The Kier molecular flexibility index (Phi) is 4.83. The van der Waals surface area contributed by atoms with E-state index in [2.05, 4.69) is 18.7 Å². The van der Waals surface area contributed by atoms with Gasteiger partial charge in [-0.25, -0.2) is 0 Å². The van der Waals surface area contributed by atoms with Gasteiger partial charge in [0.25, 0.3) is 0 Å². The van der Waals surface area contributed by atoms with Gasteiger partial charge in [0.05, 0.1) is 18.8 Å². The standard InChI is InChI=1S/C14H27NO2/c1-11(2)9-15(12-5-3-4-6-12)13-10-17-8-7-14(13)16/h11-14,16H,3-10H2,1-2H3. The Balaban J connectivity index is 2.01. The minimum absolute atomic E-state index is 0.192. The predicted octanol–water partition coefficient (Wildman–Crippen LogP) is 2.04. The molecule has 2 atom stereocenters. The maximum absolute atomic E-state index is 10.2. The average molecular weight is 241 g/mol. The summed E-state index contributed by atoms with van der Waals surface area (Å²) in [6.07, 6.45) is 5.91. The van der Waals surface area contributed by atoms with E-state index >= 15 is 0 Å². The van der Waals surface area contributed by atoms with Gasteiger partial charge in [-0.3, -0.25) is 4.90 Å². The molecule has 1 N–H and O–H groups in total. The van der Waals surface area contributed by atoms with E-state index < -0.39 is 0 Å². The monoisotopic (exact) mass is 241 g/mol. The fourth-order valence-electron chi connectivity index (χ4n) is 3.24. The summed E-state index contributed by atoms with van der Waals surface area (Å²) in [6, 6.07) is 0.910. The first kappa shape index (κ1) is 13.3. The molecule has 2 fully saturated rings. The first-order valence-corrected chi connectivity index (χ1v) is 7.20. The summed E-state index contributed by atoms with van der Waals surface area (Å²) in [5, 5.41) is 10.2. The molecule has 1 heterocycles. The van der Waals surface area contributed by atoms with Gasteiger partial charge in [0.2, 0.25) is 0 Å². The summed E-state index contributed by atoms with van der Waals surface area (Å²) in [6.45, 7) is 7.05. The van der Waals surface area contributed by atoms with Crippen molar-refractivity contribution >= 4 is 0 Å². The Morgan fingerprint density at radius 2 is 1.94 bits per heavy atom. The molecule has 0 aromatic carbocycles. The second kappa shape index (κ2) is 6.17. The molecule has 17 heavy (non-hydrogen) atoms. The van der Waals surface area contributed by atoms with Crippen LogP contribution in [-0.4, -0.2) is 48.0 Å². The largest absolute Gasteiger partial charge is 0.391 e. The Bertz CT molecular complexity index is 226. The van der Waals surface area contributed by atoms with E-state index in [0.717, 1.165) is 19.6 Å². The molecule has 3 nitrogen and oxygen atoms in total. The van der Waals surface area contributed by atoms with Crippen molar-refractivity contribution in [3.8, 4) is 0 Å². The van der Waals surface area contributed by atoms with Gasteiger partial charge in [0, 0.05) is 19.2 Å². The van der Waals surface area contributed by atoms with Crippen molar-refractivity contribution in [1.82, 2.24) is 4.90 Å². The molecule has 3 heteroatoms. The Morgan fingerprint density at radius 3 is 2.53 bits per heavy atom. The summed E-state index contributed by atoms with van der Waals surface area (Å²) < 4.78 is 5.57. The molecule has 0 radical (unpaired) electrons. The van der Waals surface area contributed by atoms with Crippen LogP contribution in [0.15, 0.2) is 0 Å². The maximum atomic E-state index is 10.2. The summed E-state index contributed by atoms with van der Waals surface area (Å²) in [5.74, 6) is 0.657. The molecule has 0 aromatic heterocycles. The average Bonchev–Trinajstić information content (AvgIpc) is 2.80. The number of ether oxygens (including phenoxy) is 1. The highest BCUT2D eigenvalue weighted by Crippen LogP contribution is 2.28. The van der Waals surface area contributed by atoms with Gasteiger partial charge < -0.3 is 9.84 Å².